The number of rotatable bonds is 3. The summed E-state index contributed by atoms with van der Waals surface area (Å²) in [6.07, 6.45) is 0. The van der Waals surface area contributed by atoms with Gasteiger partial charge in [0.2, 0.25) is 0 Å². The molecule has 0 spiro atoms. The van der Waals surface area contributed by atoms with Gasteiger partial charge in [-0.25, -0.2) is 9.59 Å². The van der Waals surface area contributed by atoms with Gasteiger partial charge in [-0.3, -0.25) is 0 Å². The van der Waals surface area contributed by atoms with Crippen LogP contribution in [0, 0.1) is 0 Å². The average molecular weight is 399 g/mol. The molecular formula is C10H2Cl6O4. The fraction of sp³-hybridized carbons (Fsp3) is 0. The van der Waals surface area contributed by atoms with Gasteiger partial charge in [0.15, 0.2) is 0 Å². The van der Waals surface area contributed by atoms with Crippen LogP contribution in [0.3, 0.4) is 0 Å². The molecule has 0 aromatic heterocycles. The number of hydrogen-bond acceptors (Lipinski definition) is 2. The molecule has 0 atom stereocenters. The van der Waals surface area contributed by atoms with E-state index in [4.69, 9.17) is 79.8 Å². The second kappa shape index (κ2) is 6.60. The van der Waals surface area contributed by atoms with Crippen molar-refractivity contribution in [1.82, 2.24) is 0 Å². The predicted molar refractivity (Wildman–Crippen MR) is 79.9 cm³/mol. The maximum atomic E-state index is 11.3. The second-order valence-corrected chi connectivity index (χ2v) is 5.71. The standard InChI is InChI=1S/C10H2Cl6O4/c11-4-2(9(17)18)1(6(13)8(15)16)3(10(19)20)5(12)7(4)14/h(H,17,18)(H,19,20). The van der Waals surface area contributed by atoms with E-state index in [1.807, 2.05) is 0 Å². The van der Waals surface area contributed by atoms with Crippen molar-refractivity contribution >= 4 is 86.6 Å². The Balaban J connectivity index is 4.09. The third-order valence-corrected chi connectivity index (χ3v) is 4.41. The SMILES string of the molecule is O=C(O)c1c(Cl)c(Cl)c(Cl)c(C(=O)O)c1C(Cl)=C(Cl)Cl. The van der Waals surface area contributed by atoms with E-state index in [0.717, 1.165) is 0 Å². The van der Waals surface area contributed by atoms with Gasteiger partial charge in [-0.2, -0.15) is 0 Å². The first-order valence-electron chi connectivity index (χ1n) is 4.49. The lowest BCUT2D eigenvalue weighted by molar-refractivity contribution is 0.0696. The summed E-state index contributed by atoms with van der Waals surface area (Å²) in [4.78, 5) is 22.5. The molecule has 0 saturated carbocycles. The van der Waals surface area contributed by atoms with Crippen LogP contribution in [-0.2, 0) is 0 Å². The maximum Gasteiger partial charge on any atom is 0.337 e. The van der Waals surface area contributed by atoms with Crippen LogP contribution in [0.25, 0.3) is 5.03 Å². The molecule has 0 bridgehead atoms. The van der Waals surface area contributed by atoms with Crippen LogP contribution in [0.4, 0.5) is 0 Å². The molecule has 0 aliphatic rings. The molecule has 0 amide bonds. The van der Waals surface area contributed by atoms with Crippen LogP contribution in [0.2, 0.25) is 15.1 Å². The predicted octanol–water partition coefficient (Wildman–Crippen LogP) is 5.39. The van der Waals surface area contributed by atoms with Gasteiger partial charge in [0, 0.05) is 5.56 Å². The van der Waals surface area contributed by atoms with Gasteiger partial charge in [0.05, 0.1) is 31.2 Å². The van der Waals surface area contributed by atoms with Crippen LogP contribution in [0.15, 0.2) is 4.49 Å². The number of benzene rings is 1. The maximum absolute atomic E-state index is 11.3. The smallest absolute Gasteiger partial charge is 0.337 e. The summed E-state index contributed by atoms with van der Waals surface area (Å²) in [6, 6.07) is 0. The normalized spacial score (nSPS) is 10.3. The summed E-state index contributed by atoms with van der Waals surface area (Å²) < 4.78 is -0.550. The Morgan fingerprint density at radius 2 is 1.05 bits per heavy atom. The summed E-state index contributed by atoms with van der Waals surface area (Å²) in [7, 11) is 0. The molecule has 2 N–H and O–H groups in total. The van der Waals surface area contributed by atoms with Crippen molar-refractivity contribution in [2.75, 3.05) is 0 Å². The minimum absolute atomic E-state index is 0.429. The first kappa shape index (κ1) is 17.7. The Hall–Kier alpha value is -0.360. The fourth-order valence-electron chi connectivity index (χ4n) is 1.38. The van der Waals surface area contributed by atoms with Crippen LogP contribution in [0.1, 0.15) is 26.3 Å². The largest absolute Gasteiger partial charge is 0.478 e. The van der Waals surface area contributed by atoms with Crippen LogP contribution < -0.4 is 0 Å². The molecule has 4 nitrogen and oxygen atoms in total. The number of carbonyl (C=O) groups is 2. The molecule has 0 unspecified atom stereocenters. The Labute approximate surface area is 142 Å². The monoisotopic (exact) mass is 396 g/mol. The molecule has 20 heavy (non-hydrogen) atoms. The zero-order chi connectivity index (χ0) is 15.8. The van der Waals surface area contributed by atoms with E-state index >= 15 is 0 Å². The van der Waals surface area contributed by atoms with E-state index in [1.165, 1.54) is 0 Å². The van der Waals surface area contributed by atoms with Crippen molar-refractivity contribution in [3.63, 3.8) is 0 Å². The van der Waals surface area contributed by atoms with Crippen LogP contribution in [-0.4, -0.2) is 22.2 Å². The van der Waals surface area contributed by atoms with Crippen molar-refractivity contribution in [3.8, 4) is 0 Å². The Kier molecular flexibility index (Phi) is 5.84. The van der Waals surface area contributed by atoms with Crippen molar-refractivity contribution in [3.05, 3.63) is 36.2 Å². The minimum atomic E-state index is -1.57. The van der Waals surface area contributed by atoms with Crippen molar-refractivity contribution in [2.24, 2.45) is 0 Å². The van der Waals surface area contributed by atoms with E-state index < -0.39 is 53.2 Å². The van der Waals surface area contributed by atoms with Gasteiger partial charge < -0.3 is 10.2 Å². The highest BCUT2D eigenvalue weighted by Crippen LogP contribution is 2.44. The summed E-state index contributed by atoms with van der Waals surface area (Å²) in [5.41, 5.74) is -1.85. The van der Waals surface area contributed by atoms with Gasteiger partial charge in [-0.1, -0.05) is 69.6 Å². The Morgan fingerprint density at radius 3 is 1.30 bits per heavy atom. The third kappa shape index (κ3) is 3.11. The van der Waals surface area contributed by atoms with E-state index in [0.29, 0.717) is 0 Å². The lowest BCUT2D eigenvalue weighted by atomic mass is 10.00. The zero-order valence-electron chi connectivity index (χ0n) is 8.98. The van der Waals surface area contributed by atoms with E-state index in [-0.39, 0.29) is 0 Å². The minimum Gasteiger partial charge on any atom is -0.478 e. The van der Waals surface area contributed by atoms with Gasteiger partial charge in [-0.05, 0) is 0 Å². The Morgan fingerprint density at radius 1 is 0.700 bits per heavy atom. The highest BCUT2D eigenvalue weighted by atomic mass is 35.5. The zero-order valence-corrected chi connectivity index (χ0v) is 13.5. The quantitative estimate of drug-likeness (QED) is 0.670. The van der Waals surface area contributed by atoms with E-state index in [9.17, 15) is 9.59 Å². The second-order valence-electron chi connectivity index (χ2n) is 3.25. The lowest BCUT2D eigenvalue weighted by Crippen LogP contribution is -2.11. The summed E-state index contributed by atoms with van der Waals surface area (Å²) in [5, 5.41) is 16.4. The molecule has 108 valence electrons. The molecule has 1 aromatic carbocycles. The van der Waals surface area contributed by atoms with Crippen molar-refractivity contribution in [2.45, 2.75) is 0 Å². The summed E-state index contributed by atoms with van der Waals surface area (Å²) >= 11 is 34.0. The molecular weight excluding hydrogens is 397 g/mol. The Bertz CT molecular complexity index is 607. The van der Waals surface area contributed by atoms with Gasteiger partial charge in [0.25, 0.3) is 0 Å². The summed E-state index contributed by atoms with van der Waals surface area (Å²) in [6.45, 7) is 0. The fourth-order valence-corrected chi connectivity index (χ4v) is 2.53. The number of halogens is 6. The van der Waals surface area contributed by atoms with Crippen molar-refractivity contribution in [1.29, 1.82) is 0 Å². The summed E-state index contributed by atoms with van der Waals surface area (Å²) in [5.74, 6) is -3.14. The molecule has 0 fully saturated rings. The third-order valence-electron chi connectivity index (χ3n) is 2.14. The molecule has 10 heteroatoms. The van der Waals surface area contributed by atoms with Crippen molar-refractivity contribution < 1.29 is 19.8 Å². The number of carboxylic acid groups (broad SMARTS) is 2. The van der Waals surface area contributed by atoms with Gasteiger partial charge >= 0.3 is 11.9 Å². The van der Waals surface area contributed by atoms with E-state index in [1.54, 1.807) is 0 Å². The molecule has 0 aliphatic heterocycles. The molecule has 1 rings (SSSR count). The number of hydrogen-bond donors (Lipinski definition) is 2. The first-order chi connectivity index (χ1) is 9.11. The molecule has 0 radical (unpaired) electrons. The van der Waals surface area contributed by atoms with Gasteiger partial charge in [0.1, 0.15) is 4.49 Å². The van der Waals surface area contributed by atoms with Crippen LogP contribution in [0.5, 0.6) is 0 Å². The molecule has 0 aliphatic carbocycles. The highest BCUT2D eigenvalue weighted by molar-refractivity contribution is 6.67. The topological polar surface area (TPSA) is 74.6 Å². The van der Waals surface area contributed by atoms with Crippen LogP contribution >= 0.6 is 69.6 Å². The highest BCUT2D eigenvalue weighted by Gasteiger charge is 2.30. The number of aromatic carboxylic acids is 2. The lowest BCUT2D eigenvalue weighted by Gasteiger charge is -2.14. The molecule has 0 heterocycles. The molecule has 1 aromatic rings. The molecule has 0 saturated heterocycles. The average Bonchev–Trinajstić information content (AvgIpc) is 2.33. The van der Waals surface area contributed by atoms with E-state index in [2.05, 4.69) is 0 Å². The first-order valence-corrected chi connectivity index (χ1v) is 6.76. The number of carboxylic acids is 2. The van der Waals surface area contributed by atoms with Gasteiger partial charge in [-0.15, -0.1) is 0 Å².